The SMILES string of the molecule is COc1cc2nc(NC3CCC(O)CC3)nc(Nc3ccccc3)c2cc1OC. The van der Waals surface area contributed by atoms with E-state index in [4.69, 9.17) is 19.4 Å². The van der Waals surface area contributed by atoms with E-state index in [0.717, 1.165) is 42.3 Å². The van der Waals surface area contributed by atoms with E-state index in [9.17, 15) is 5.11 Å². The monoisotopic (exact) mass is 394 g/mol. The van der Waals surface area contributed by atoms with Gasteiger partial charge in [0.05, 0.1) is 25.8 Å². The van der Waals surface area contributed by atoms with Crippen LogP contribution in [0.3, 0.4) is 0 Å². The first kappa shape index (κ1) is 19.3. The maximum absolute atomic E-state index is 9.75. The summed E-state index contributed by atoms with van der Waals surface area (Å²) >= 11 is 0. The van der Waals surface area contributed by atoms with Crippen molar-refractivity contribution in [1.82, 2.24) is 9.97 Å². The minimum Gasteiger partial charge on any atom is -0.493 e. The number of aliphatic hydroxyl groups is 1. The Morgan fingerprint density at radius 2 is 1.62 bits per heavy atom. The first-order valence-corrected chi connectivity index (χ1v) is 9.86. The zero-order valence-corrected chi connectivity index (χ0v) is 16.7. The van der Waals surface area contributed by atoms with Crippen LogP contribution in [0.5, 0.6) is 11.5 Å². The molecule has 7 heteroatoms. The summed E-state index contributed by atoms with van der Waals surface area (Å²) in [6, 6.07) is 13.9. The number of anilines is 3. The van der Waals surface area contributed by atoms with Crippen molar-refractivity contribution in [2.45, 2.75) is 37.8 Å². The van der Waals surface area contributed by atoms with Gasteiger partial charge in [0.1, 0.15) is 5.82 Å². The molecule has 1 fully saturated rings. The molecule has 2 aromatic carbocycles. The van der Waals surface area contributed by atoms with E-state index in [1.807, 2.05) is 42.5 Å². The quantitative estimate of drug-likeness (QED) is 0.580. The van der Waals surface area contributed by atoms with Crippen LogP contribution in [0.2, 0.25) is 0 Å². The van der Waals surface area contributed by atoms with E-state index in [1.165, 1.54) is 0 Å². The molecule has 0 bridgehead atoms. The first-order chi connectivity index (χ1) is 14.2. The van der Waals surface area contributed by atoms with Crippen LogP contribution in [0, 0.1) is 0 Å². The molecule has 1 aliphatic carbocycles. The summed E-state index contributed by atoms with van der Waals surface area (Å²) in [4.78, 5) is 9.46. The topological polar surface area (TPSA) is 88.5 Å². The molecule has 0 spiro atoms. The van der Waals surface area contributed by atoms with E-state index in [0.29, 0.717) is 23.3 Å². The largest absolute Gasteiger partial charge is 0.493 e. The van der Waals surface area contributed by atoms with E-state index < -0.39 is 0 Å². The molecule has 0 aliphatic heterocycles. The first-order valence-electron chi connectivity index (χ1n) is 9.86. The van der Waals surface area contributed by atoms with Gasteiger partial charge >= 0.3 is 0 Å². The standard InChI is InChI=1S/C22H26N4O3/c1-28-19-12-17-18(13-20(19)29-2)25-22(24-15-8-10-16(27)11-9-15)26-21(17)23-14-6-4-3-5-7-14/h3-7,12-13,15-16,27H,8-11H2,1-2H3,(H2,23,24,25,26). The van der Waals surface area contributed by atoms with Crippen molar-refractivity contribution in [1.29, 1.82) is 0 Å². The Labute approximate surface area is 170 Å². The lowest BCUT2D eigenvalue weighted by atomic mass is 9.93. The van der Waals surface area contributed by atoms with E-state index >= 15 is 0 Å². The second kappa shape index (κ2) is 8.53. The predicted molar refractivity (Wildman–Crippen MR) is 114 cm³/mol. The minimum absolute atomic E-state index is 0.197. The van der Waals surface area contributed by atoms with E-state index in [1.54, 1.807) is 14.2 Å². The molecule has 0 saturated heterocycles. The normalized spacial score (nSPS) is 19.0. The van der Waals surface area contributed by atoms with Gasteiger partial charge in [-0.05, 0) is 43.9 Å². The van der Waals surface area contributed by atoms with Gasteiger partial charge in [-0.25, -0.2) is 4.98 Å². The highest BCUT2D eigenvalue weighted by atomic mass is 16.5. The fraction of sp³-hybridized carbons (Fsp3) is 0.364. The Bertz CT molecular complexity index is 973. The number of methoxy groups -OCH3 is 2. The molecule has 29 heavy (non-hydrogen) atoms. The fourth-order valence-corrected chi connectivity index (χ4v) is 3.68. The Morgan fingerprint density at radius 3 is 2.31 bits per heavy atom. The number of hydrogen-bond acceptors (Lipinski definition) is 7. The van der Waals surface area contributed by atoms with Crippen molar-refractivity contribution < 1.29 is 14.6 Å². The number of nitrogens with one attached hydrogen (secondary N) is 2. The Kier molecular flexibility index (Phi) is 5.67. The Hall–Kier alpha value is -3.06. The van der Waals surface area contributed by atoms with Crippen molar-refractivity contribution in [2.24, 2.45) is 0 Å². The van der Waals surface area contributed by atoms with Crippen molar-refractivity contribution >= 4 is 28.4 Å². The lowest BCUT2D eigenvalue weighted by Crippen LogP contribution is -2.29. The van der Waals surface area contributed by atoms with Crippen LogP contribution in [0.1, 0.15) is 25.7 Å². The predicted octanol–water partition coefficient (Wildman–Crippen LogP) is 4.11. The second-order valence-electron chi connectivity index (χ2n) is 7.26. The zero-order valence-electron chi connectivity index (χ0n) is 16.7. The van der Waals surface area contributed by atoms with Crippen LogP contribution in [-0.4, -0.2) is 41.4 Å². The third-order valence-corrected chi connectivity index (χ3v) is 5.27. The highest BCUT2D eigenvalue weighted by Gasteiger charge is 2.21. The summed E-state index contributed by atoms with van der Waals surface area (Å²) in [7, 11) is 3.22. The van der Waals surface area contributed by atoms with Gasteiger partial charge in [-0.1, -0.05) is 18.2 Å². The van der Waals surface area contributed by atoms with Crippen LogP contribution in [0.25, 0.3) is 10.9 Å². The molecule has 7 nitrogen and oxygen atoms in total. The number of hydrogen-bond donors (Lipinski definition) is 3. The fourth-order valence-electron chi connectivity index (χ4n) is 3.68. The number of para-hydroxylation sites is 1. The zero-order chi connectivity index (χ0) is 20.2. The number of ether oxygens (including phenoxy) is 2. The summed E-state index contributed by atoms with van der Waals surface area (Å²) in [5.74, 6) is 2.50. The number of aliphatic hydroxyl groups excluding tert-OH is 1. The van der Waals surface area contributed by atoms with Crippen LogP contribution in [0.15, 0.2) is 42.5 Å². The van der Waals surface area contributed by atoms with Gasteiger partial charge in [-0.15, -0.1) is 0 Å². The van der Waals surface area contributed by atoms with Gasteiger partial charge < -0.3 is 25.2 Å². The Balaban J connectivity index is 1.74. The molecule has 0 amide bonds. The van der Waals surface area contributed by atoms with Crippen molar-refractivity contribution in [3.63, 3.8) is 0 Å². The smallest absolute Gasteiger partial charge is 0.225 e. The Morgan fingerprint density at radius 1 is 0.931 bits per heavy atom. The van der Waals surface area contributed by atoms with E-state index in [-0.39, 0.29) is 12.1 Å². The summed E-state index contributed by atoms with van der Waals surface area (Å²) in [5.41, 5.74) is 1.70. The average molecular weight is 394 g/mol. The molecule has 1 aliphatic rings. The second-order valence-corrected chi connectivity index (χ2v) is 7.26. The third-order valence-electron chi connectivity index (χ3n) is 5.27. The highest BCUT2D eigenvalue weighted by Crippen LogP contribution is 2.35. The van der Waals surface area contributed by atoms with Crippen LogP contribution >= 0.6 is 0 Å². The number of aromatic nitrogens is 2. The molecule has 0 atom stereocenters. The van der Waals surface area contributed by atoms with Gasteiger partial charge in [0.2, 0.25) is 5.95 Å². The van der Waals surface area contributed by atoms with Gasteiger partial charge in [-0.3, -0.25) is 0 Å². The lowest BCUT2D eigenvalue weighted by molar-refractivity contribution is 0.126. The molecular weight excluding hydrogens is 368 g/mol. The van der Waals surface area contributed by atoms with Crippen molar-refractivity contribution in [3.8, 4) is 11.5 Å². The van der Waals surface area contributed by atoms with Crippen molar-refractivity contribution in [3.05, 3.63) is 42.5 Å². The molecule has 152 valence electrons. The summed E-state index contributed by atoms with van der Waals surface area (Å²) in [5, 5.41) is 17.4. The maximum atomic E-state index is 9.75. The molecular formula is C22H26N4O3. The lowest BCUT2D eigenvalue weighted by Gasteiger charge is -2.26. The molecule has 0 unspecified atom stereocenters. The molecule has 0 radical (unpaired) electrons. The van der Waals surface area contributed by atoms with Crippen molar-refractivity contribution in [2.75, 3.05) is 24.9 Å². The number of benzene rings is 2. The molecule has 3 N–H and O–H groups in total. The molecule has 1 aromatic heterocycles. The average Bonchev–Trinajstić information content (AvgIpc) is 2.75. The maximum Gasteiger partial charge on any atom is 0.225 e. The van der Waals surface area contributed by atoms with E-state index in [2.05, 4.69) is 10.6 Å². The molecule has 4 rings (SSSR count). The van der Waals surface area contributed by atoms with Crippen LogP contribution < -0.4 is 20.1 Å². The van der Waals surface area contributed by atoms with Gasteiger partial charge in [0.15, 0.2) is 11.5 Å². The summed E-state index contributed by atoms with van der Waals surface area (Å²) in [6.07, 6.45) is 3.19. The number of fused-ring (bicyclic) bond motifs is 1. The summed E-state index contributed by atoms with van der Waals surface area (Å²) in [6.45, 7) is 0. The summed E-state index contributed by atoms with van der Waals surface area (Å²) < 4.78 is 10.9. The minimum atomic E-state index is -0.197. The third kappa shape index (κ3) is 4.35. The molecule has 1 saturated carbocycles. The van der Waals surface area contributed by atoms with Gasteiger partial charge in [-0.2, -0.15) is 4.98 Å². The molecule has 1 heterocycles. The van der Waals surface area contributed by atoms with Gasteiger partial charge in [0, 0.05) is 23.2 Å². The number of nitrogens with zero attached hydrogens (tertiary/aromatic N) is 2. The van der Waals surface area contributed by atoms with Gasteiger partial charge in [0.25, 0.3) is 0 Å². The highest BCUT2D eigenvalue weighted by molar-refractivity contribution is 5.94. The molecule has 3 aromatic rings. The van der Waals surface area contributed by atoms with Crippen LogP contribution in [-0.2, 0) is 0 Å². The number of rotatable bonds is 6. The van der Waals surface area contributed by atoms with Crippen LogP contribution in [0.4, 0.5) is 17.5 Å².